The van der Waals surface area contributed by atoms with Gasteiger partial charge in [-0.25, -0.2) is 9.97 Å². The van der Waals surface area contributed by atoms with E-state index in [1.807, 2.05) is 0 Å². The minimum absolute atomic E-state index is 0.230. The van der Waals surface area contributed by atoms with Crippen molar-refractivity contribution in [1.82, 2.24) is 19.5 Å². The first kappa shape index (κ1) is 13.7. The van der Waals surface area contributed by atoms with E-state index in [1.54, 1.807) is 10.9 Å². The minimum Gasteiger partial charge on any atom is -0.479 e. The number of fused-ring (bicyclic) bond motifs is 1. The highest BCUT2D eigenvalue weighted by atomic mass is 79.9. The van der Waals surface area contributed by atoms with Gasteiger partial charge in [-0.3, -0.25) is 4.57 Å². The van der Waals surface area contributed by atoms with Gasteiger partial charge in [0.2, 0.25) is 10.6 Å². The summed E-state index contributed by atoms with van der Waals surface area (Å²) in [6.07, 6.45) is 0.185. The Bertz CT molecular complexity index is 634. The SMILES string of the molecule is COc1nc(Br)nc2c1ncn2[C@H]1C[C@@H](O)[C@H](CO)O1. The van der Waals surface area contributed by atoms with Crippen LogP contribution >= 0.6 is 15.9 Å². The number of hydrogen-bond acceptors (Lipinski definition) is 7. The van der Waals surface area contributed by atoms with Gasteiger partial charge in [-0.2, -0.15) is 4.98 Å². The third kappa shape index (κ3) is 2.16. The highest BCUT2D eigenvalue weighted by Crippen LogP contribution is 2.32. The molecule has 3 rings (SSSR count). The van der Waals surface area contributed by atoms with E-state index in [0.717, 1.165) is 0 Å². The summed E-state index contributed by atoms with van der Waals surface area (Å²) < 4.78 is 12.8. The van der Waals surface area contributed by atoms with E-state index in [4.69, 9.17) is 14.6 Å². The summed E-state index contributed by atoms with van der Waals surface area (Å²) >= 11 is 3.22. The second-order valence-electron chi connectivity index (χ2n) is 4.44. The number of aliphatic hydroxyl groups excluding tert-OH is 2. The molecule has 8 nitrogen and oxygen atoms in total. The fourth-order valence-corrected chi connectivity index (χ4v) is 2.60. The summed E-state index contributed by atoms with van der Waals surface area (Å²) in [5.41, 5.74) is 1.06. The van der Waals surface area contributed by atoms with Crippen LogP contribution in [0.15, 0.2) is 11.1 Å². The zero-order valence-corrected chi connectivity index (χ0v) is 12.2. The Morgan fingerprint density at radius 3 is 3.00 bits per heavy atom. The molecule has 108 valence electrons. The van der Waals surface area contributed by atoms with Crippen molar-refractivity contribution in [3.05, 3.63) is 11.1 Å². The van der Waals surface area contributed by atoms with Crippen molar-refractivity contribution in [1.29, 1.82) is 0 Å². The Labute approximate surface area is 122 Å². The number of ether oxygens (including phenoxy) is 2. The summed E-state index contributed by atoms with van der Waals surface area (Å²) in [6.45, 7) is -0.230. The molecule has 2 aromatic heterocycles. The van der Waals surface area contributed by atoms with Gasteiger partial charge in [-0.05, 0) is 15.9 Å². The summed E-state index contributed by atoms with van der Waals surface area (Å²) in [5.74, 6) is 0.359. The third-order valence-electron chi connectivity index (χ3n) is 3.25. The molecule has 1 aliphatic heterocycles. The molecule has 20 heavy (non-hydrogen) atoms. The molecule has 0 spiro atoms. The smallest absolute Gasteiger partial charge is 0.246 e. The lowest BCUT2D eigenvalue weighted by Gasteiger charge is -2.13. The number of halogens is 1. The standard InChI is InChI=1S/C11H13BrN4O4/c1-19-10-8-9(14-11(12)15-10)16(4-13-8)7-2-5(18)6(3-17)20-7/h4-7,17-18H,2-3H2,1H3/t5-,6+,7-/m1/s1. The maximum atomic E-state index is 9.80. The first-order chi connectivity index (χ1) is 9.63. The van der Waals surface area contributed by atoms with Gasteiger partial charge in [-0.15, -0.1) is 0 Å². The largest absolute Gasteiger partial charge is 0.479 e. The van der Waals surface area contributed by atoms with Crippen LogP contribution in [-0.2, 0) is 4.74 Å². The highest BCUT2D eigenvalue weighted by molar-refractivity contribution is 9.10. The second-order valence-corrected chi connectivity index (χ2v) is 5.15. The van der Waals surface area contributed by atoms with Crippen molar-refractivity contribution in [3.8, 4) is 5.88 Å². The molecule has 1 saturated heterocycles. The Morgan fingerprint density at radius 2 is 2.35 bits per heavy atom. The molecule has 0 unspecified atom stereocenters. The van der Waals surface area contributed by atoms with Crippen LogP contribution < -0.4 is 4.74 Å². The van der Waals surface area contributed by atoms with Gasteiger partial charge >= 0.3 is 0 Å². The molecule has 0 bridgehead atoms. The van der Waals surface area contributed by atoms with Gasteiger partial charge in [0.1, 0.15) is 12.3 Å². The van der Waals surface area contributed by atoms with Gasteiger partial charge in [-0.1, -0.05) is 0 Å². The zero-order chi connectivity index (χ0) is 14.3. The van der Waals surface area contributed by atoms with Crippen LogP contribution in [0.4, 0.5) is 0 Å². The number of methoxy groups -OCH3 is 1. The predicted octanol–water partition coefficient (Wildman–Crippen LogP) is 0.238. The Kier molecular flexibility index (Phi) is 3.59. The summed E-state index contributed by atoms with van der Waals surface area (Å²) in [7, 11) is 1.50. The van der Waals surface area contributed by atoms with Crippen molar-refractivity contribution < 1.29 is 19.7 Å². The fourth-order valence-electron chi connectivity index (χ4n) is 2.27. The first-order valence-electron chi connectivity index (χ1n) is 6.02. The van der Waals surface area contributed by atoms with Crippen LogP contribution in [0.25, 0.3) is 11.2 Å². The molecule has 0 aromatic carbocycles. The van der Waals surface area contributed by atoms with Crippen molar-refractivity contribution in [2.75, 3.05) is 13.7 Å². The maximum absolute atomic E-state index is 9.80. The lowest BCUT2D eigenvalue weighted by Crippen LogP contribution is -2.24. The van der Waals surface area contributed by atoms with Crippen molar-refractivity contribution in [2.45, 2.75) is 24.9 Å². The number of aromatic nitrogens is 4. The van der Waals surface area contributed by atoms with Crippen LogP contribution in [0.5, 0.6) is 5.88 Å². The van der Waals surface area contributed by atoms with E-state index < -0.39 is 18.4 Å². The van der Waals surface area contributed by atoms with Crippen molar-refractivity contribution in [2.24, 2.45) is 0 Å². The van der Waals surface area contributed by atoms with Crippen LogP contribution in [0.1, 0.15) is 12.6 Å². The van der Waals surface area contributed by atoms with Gasteiger partial charge < -0.3 is 19.7 Å². The molecule has 1 aliphatic rings. The average Bonchev–Trinajstić information content (AvgIpc) is 3.00. The normalized spacial score (nSPS) is 26.3. The van der Waals surface area contributed by atoms with Crippen LogP contribution in [0, 0.1) is 0 Å². The number of imidazole rings is 1. The number of aliphatic hydroxyl groups is 2. The Hall–Kier alpha value is -1.29. The Balaban J connectivity index is 2.03. The molecule has 1 fully saturated rings. The van der Waals surface area contributed by atoms with E-state index in [1.165, 1.54) is 7.11 Å². The summed E-state index contributed by atoms with van der Waals surface area (Å²) in [5, 5.41) is 18.9. The fraction of sp³-hybridized carbons (Fsp3) is 0.545. The molecule has 0 saturated carbocycles. The minimum atomic E-state index is -0.713. The van der Waals surface area contributed by atoms with E-state index in [0.29, 0.717) is 28.2 Å². The van der Waals surface area contributed by atoms with E-state index in [9.17, 15) is 5.11 Å². The summed E-state index contributed by atoms with van der Waals surface area (Å²) in [6, 6.07) is 0. The van der Waals surface area contributed by atoms with Crippen LogP contribution in [-0.4, -0.2) is 55.7 Å². The molecule has 0 aliphatic carbocycles. The predicted molar refractivity (Wildman–Crippen MR) is 71.2 cm³/mol. The maximum Gasteiger partial charge on any atom is 0.246 e. The van der Waals surface area contributed by atoms with Gasteiger partial charge in [0, 0.05) is 6.42 Å². The zero-order valence-electron chi connectivity index (χ0n) is 10.6. The van der Waals surface area contributed by atoms with Crippen molar-refractivity contribution >= 4 is 27.1 Å². The molecule has 2 aromatic rings. The Morgan fingerprint density at radius 1 is 1.55 bits per heavy atom. The summed E-state index contributed by atoms with van der Waals surface area (Å²) in [4.78, 5) is 12.6. The number of nitrogens with zero attached hydrogens (tertiary/aromatic N) is 4. The lowest BCUT2D eigenvalue weighted by atomic mass is 10.2. The molecule has 0 amide bonds. The van der Waals surface area contributed by atoms with Crippen LogP contribution in [0.3, 0.4) is 0 Å². The van der Waals surface area contributed by atoms with E-state index in [2.05, 4.69) is 30.9 Å². The van der Waals surface area contributed by atoms with Crippen LogP contribution in [0.2, 0.25) is 0 Å². The molecule has 9 heteroatoms. The topological polar surface area (TPSA) is 103 Å². The van der Waals surface area contributed by atoms with Gasteiger partial charge in [0.05, 0.1) is 26.1 Å². The lowest BCUT2D eigenvalue weighted by molar-refractivity contribution is -0.0432. The molecular formula is C11H13BrN4O4. The quantitative estimate of drug-likeness (QED) is 0.768. The first-order valence-corrected chi connectivity index (χ1v) is 6.81. The molecule has 3 heterocycles. The number of rotatable bonds is 3. The molecule has 3 atom stereocenters. The number of hydrogen-bond donors (Lipinski definition) is 2. The molecular weight excluding hydrogens is 332 g/mol. The van der Waals surface area contributed by atoms with E-state index >= 15 is 0 Å². The molecule has 0 radical (unpaired) electrons. The average molecular weight is 345 g/mol. The molecule has 2 N–H and O–H groups in total. The van der Waals surface area contributed by atoms with Gasteiger partial charge in [0.15, 0.2) is 11.2 Å². The third-order valence-corrected chi connectivity index (χ3v) is 3.60. The second kappa shape index (κ2) is 5.24. The highest BCUT2D eigenvalue weighted by Gasteiger charge is 2.35. The van der Waals surface area contributed by atoms with Crippen molar-refractivity contribution in [3.63, 3.8) is 0 Å². The monoisotopic (exact) mass is 344 g/mol. The van der Waals surface area contributed by atoms with E-state index in [-0.39, 0.29) is 6.61 Å². The van der Waals surface area contributed by atoms with Gasteiger partial charge in [0.25, 0.3) is 0 Å².